The van der Waals surface area contributed by atoms with E-state index in [4.69, 9.17) is 4.42 Å². The van der Waals surface area contributed by atoms with Crippen LogP contribution in [0.4, 0.5) is 4.39 Å². The molecule has 0 bridgehead atoms. The van der Waals surface area contributed by atoms with Gasteiger partial charge in [-0.25, -0.2) is 4.39 Å². The van der Waals surface area contributed by atoms with Crippen LogP contribution in [0, 0.1) is 5.82 Å². The van der Waals surface area contributed by atoms with Crippen molar-refractivity contribution in [3.05, 3.63) is 59.6 Å². The highest BCUT2D eigenvalue weighted by Crippen LogP contribution is 2.22. The first-order valence-corrected chi connectivity index (χ1v) is 7.54. The minimum Gasteiger partial charge on any atom is -0.460 e. The molecule has 0 amide bonds. The Bertz CT molecular complexity index is 612. The summed E-state index contributed by atoms with van der Waals surface area (Å²) in [6, 6.07) is 10.3. The monoisotopic (exact) mass is 285 g/mol. The van der Waals surface area contributed by atoms with Crippen LogP contribution in [-0.2, 0) is 6.54 Å². The molecule has 3 rings (SSSR count). The van der Waals surface area contributed by atoms with Crippen molar-refractivity contribution in [2.75, 3.05) is 6.54 Å². The third-order valence-electron chi connectivity index (χ3n) is 3.85. The van der Waals surface area contributed by atoms with Crippen LogP contribution < -0.4 is 5.32 Å². The first-order chi connectivity index (χ1) is 10.3. The van der Waals surface area contributed by atoms with Gasteiger partial charge in [-0.3, -0.25) is 0 Å². The maximum Gasteiger partial charge on any atom is 0.134 e. The molecule has 0 radical (unpaired) electrons. The van der Waals surface area contributed by atoms with Crippen LogP contribution in [0.15, 0.2) is 52.5 Å². The average Bonchev–Trinajstić information content (AvgIpc) is 3.16. The molecule has 1 aliphatic carbocycles. The number of halogens is 1. The summed E-state index contributed by atoms with van der Waals surface area (Å²) in [6.45, 7) is 1.72. The number of hydrogen-bond donors (Lipinski definition) is 1. The van der Waals surface area contributed by atoms with E-state index in [1.54, 1.807) is 17.7 Å². The normalized spacial score (nSPS) is 14.4. The maximum atomic E-state index is 12.9. The third-order valence-corrected chi connectivity index (χ3v) is 3.85. The molecule has 0 aliphatic heterocycles. The Labute approximate surface area is 124 Å². The second-order valence-electron chi connectivity index (χ2n) is 5.45. The summed E-state index contributed by atoms with van der Waals surface area (Å²) in [5.41, 5.74) is 2.48. The van der Waals surface area contributed by atoms with Crippen LogP contribution >= 0.6 is 0 Å². The van der Waals surface area contributed by atoms with Gasteiger partial charge in [-0.05, 0) is 68.6 Å². The number of hydrogen-bond acceptors (Lipinski definition) is 2. The molecular formula is C18H20FNO. The highest BCUT2D eigenvalue weighted by atomic mass is 19.1. The van der Waals surface area contributed by atoms with E-state index in [1.807, 2.05) is 12.1 Å². The molecule has 2 aromatic rings. The van der Waals surface area contributed by atoms with E-state index in [-0.39, 0.29) is 5.82 Å². The molecule has 0 unspecified atom stereocenters. The van der Waals surface area contributed by atoms with E-state index >= 15 is 0 Å². The summed E-state index contributed by atoms with van der Waals surface area (Å²) in [5.74, 6) is 1.47. The Morgan fingerprint density at radius 3 is 2.71 bits per heavy atom. The van der Waals surface area contributed by atoms with Gasteiger partial charge in [-0.2, -0.15) is 0 Å². The summed E-state index contributed by atoms with van der Waals surface area (Å²) >= 11 is 0. The fraction of sp³-hybridized carbons (Fsp3) is 0.333. The first kappa shape index (κ1) is 14.1. The molecular weight excluding hydrogens is 265 g/mol. The summed E-state index contributed by atoms with van der Waals surface area (Å²) in [5, 5.41) is 3.41. The summed E-state index contributed by atoms with van der Waals surface area (Å²) in [6.07, 6.45) is 7.31. The fourth-order valence-electron chi connectivity index (χ4n) is 2.67. The molecule has 21 heavy (non-hydrogen) atoms. The van der Waals surface area contributed by atoms with Crippen molar-refractivity contribution in [2.24, 2.45) is 0 Å². The highest BCUT2D eigenvalue weighted by Gasteiger charge is 2.06. The zero-order chi connectivity index (χ0) is 14.5. The fourth-order valence-corrected chi connectivity index (χ4v) is 2.67. The number of furan rings is 1. The van der Waals surface area contributed by atoms with Crippen LogP contribution in [0.25, 0.3) is 11.3 Å². The Morgan fingerprint density at radius 2 is 1.95 bits per heavy atom. The minimum atomic E-state index is -0.228. The SMILES string of the molecule is Fc1ccc(-c2ccc(CNCCC3=CCCC3)o2)cc1. The summed E-state index contributed by atoms with van der Waals surface area (Å²) in [4.78, 5) is 0. The predicted molar refractivity (Wildman–Crippen MR) is 82.4 cm³/mol. The zero-order valence-corrected chi connectivity index (χ0v) is 12.1. The first-order valence-electron chi connectivity index (χ1n) is 7.54. The van der Waals surface area contributed by atoms with E-state index in [0.717, 1.165) is 36.6 Å². The van der Waals surface area contributed by atoms with Crippen molar-refractivity contribution in [3.63, 3.8) is 0 Å². The van der Waals surface area contributed by atoms with E-state index < -0.39 is 0 Å². The second-order valence-corrected chi connectivity index (χ2v) is 5.45. The van der Waals surface area contributed by atoms with Gasteiger partial charge >= 0.3 is 0 Å². The summed E-state index contributed by atoms with van der Waals surface area (Å²) < 4.78 is 18.7. The molecule has 1 heterocycles. The molecule has 0 fully saturated rings. The van der Waals surface area contributed by atoms with Gasteiger partial charge in [0.05, 0.1) is 6.54 Å². The molecule has 3 heteroatoms. The van der Waals surface area contributed by atoms with Gasteiger partial charge in [-0.15, -0.1) is 0 Å². The van der Waals surface area contributed by atoms with Crippen molar-refractivity contribution in [3.8, 4) is 11.3 Å². The van der Waals surface area contributed by atoms with Crippen LogP contribution in [0.3, 0.4) is 0 Å². The topological polar surface area (TPSA) is 25.2 Å². The van der Waals surface area contributed by atoms with Crippen LogP contribution in [-0.4, -0.2) is 6.54 Å². The van der Waals surface area contributed by atoms with Gasteiger partial charge in [0, 0.05) is 5.56 Å². The highest BCUT2D eigenvalue weighted by molar-refractivity contribution is 5.57. The van der Waals surface area contributed by atoms with Crippen LogP contribution in [0.1, 0.15) is 31.4 Å². The lowest BCUT2D eigenvalue weighted by molar-refractivity contribution is 0.494. The smallest absolute Gasteiger partial charge is 0.134 e. The quantitative estimate of drug-likeness (QED) is 0.616. The van der Waals surface area contributed by atoms with Gasteiger partial charge in [0.1, 0.15) is 17.3 Å². The largest absolute Gasteiger partial charge is 0.460 e. The molecule has 0 saturated heterocycles. The number of nitrogens with one attached hydrogen (secondary N) is 1. The third kappa shape index (κ3) is 3.82. The number of allylic oxidation sites excluding steroid dienone is 1. The van der Waals surface area contributed by atoms with Gasteiger partial charge in [-0.1, -0.05) is 11.6 Å². The van der Waals surface area contributed by atoms with E-state index in [2.05, 4.69) is 11.4 Å². The van der Waals surface area contributed by atoms with Crippen molar-refractivity contribution < 1.29 is 8.81 Å². The number of rotatable bonds is 6. The lowest BCUT2D eigenvalue weighted by Crippen LogP contribution is -2.14. The zero-order valence-electron chi connectivity index (χ0n) is 12.1. The lowest BCUT2D eigenvalue weighted by atomic mass is 10.2. The van der Waals surface area contributed by atoms with Gasteiger partial charge in [0.2, 0.25) is 0 Å². The Balaban J connectivity index is 1.49. The minimum absolute atomic E-state index is 0.228. The molecule has 1 aromatic heterocycles. The van der Waals surface area contributed by atoms with Crippen LogP contribution in [0.5, 0.6) is 0 Å². The molecule has 0 saturated carbocycles. The van der Waals surface area contributed by atoms with Gasteiger partial charge < -0.3 is 9.73 Å². The Hall–Kier alpha value is -1.87. The number of benzene rings is 1. The Morgan fingerprint density at radius 1 is 1.10 bits per heavy atom. The molecule has 1 N–H and O–H groups in total. The van der Waals surface area contributed by atoms with Crippen molar-refractivity contribution >= 4 is 0 Å². The maximum absolute atomic E-state index is 12.9. The van der Waals surface area contributed by atoms with Gasteiger partial charge in [0.15, 0.2) is 0 Å². The average molecular weight is 285 g/mol. The van der Waals surface area contributed by atoms with Gasteiger partial charge in [0.25, 0.3) is 0 Å². The van der Waals surface area contributed by atoms with Crippen molar-refractivity contribution in [1.82, 2.24) is 5.32 Å². The van der Waals surface area contributed by atoms with Crippen molar-refractivity contribution in [1.29, 1.82) is 0 Å². The molecule has 0 spiro atoms. The lowest BCUT2D eigenvalue weighted by Gasteiger charge is -2.03. The molecule has 1 aliphatic rings. The molecule has 2 nitrogen and oxygen atoms in total. The van der Waals surface area contributed by atoms with E-state index in [0.29, 0.717) is 0 Å². The van der Waals surface area contributed by atoms with Crippen LogP contribution in [0.2, 0.25) is 0 Å². The molecule has 110 valence electrons. The van der Waals surface area contributed by atoms with E-state index in [9.17, 15) is 4.39 Å². The molecule has 0 atom stereocenters. The van der Waals surface area contributed by atoms with E-state index in [1.165, 1.54) is 31.4 Å². The summed E-state index contributed by atoms with van der Waals surface area (Å²) in [7, 11) is 0. The Kier molecular flexibility index (Phi) is 4.51. The predicted octanol–water partition coefficient (Wildman–Crippen LogP) is 4.68. The second kappa shape index (κ2) is 6.72. The molecule has 1 aromatic carbocycles. The van der Waals surface area contributed by atoms with Crippen molar-refractivity contribution in [2.45, 2.75) is 32.2 Å². The standard InChI is InChI=1S/C18H20FNO/c19-16-7-5-15(6-8-16)18-10-9-17(21-18)13-20-12-11-14-3-1-2-4-14/h3,5-10,20H,1-2,4,11-13H2.